The third-order valence-electron chi connectivity index (χ3n) is 3.93. The van der Waals surface area contributed by atoms with E-state index in [2.05, 4.69) is 30.8 Å². The summed E-state index contributed by atoms with van der Waals surface area (Å²) in [6.45, 7) is 2.69. The van der Waals surface area contributed by atoms with Gasteiger partial charge in [0.25, 0.3) is 0 Å². The number of rotatable bonds is 5. The number of carbonyl (C=O) groups is 1. The molecule has 28 heavy (non-hydrogen) atoms. The fraction of sp³-hybridized carbons (Fsp3) is 0.167. The van der Waals surface area contributed by atoms with Crippen LogP contribution in [-0.4, -0.2) is 34.1 Å². The summed E-state index contributed by atoms with van der Waals surface area (Å²) in [5, 5.41) is 16.0. The number of anilines is 3. The molecule has 1 aliphatic heterocycles. The lowest BCUT2D eigenvalue weighted by Gasteiger charge is -2.08. The number of nitrogens with one attached hydrogen (secondary N) is 2. The van der Waals surface area contributed by atoms with Crippen molar-refractivity contribution in [3.05, 3.63) is 46.7 Å². The second-order valence-electron chi connectivity index (χ2n) is 5.81. The predicted molar refractivity (Wildman–Crippen MR) is 110 cm³/mol. The van der Waals surface area contributed by atoms with Gasteiger partial charge in [0.1, 0.15) is 0 Å². The summed E-state index contributed by atoms with van der Waals surface area (Å²) in [4.78, 5) is 19.9. The number of pyridine rings is 1. The Kier molecular flexibility index (Phi) is 5.18. The summed E-state index contributed by atoms with van der Waals surface area (Å²) in [5.41, 5.74) is 4.02. The maximum absolute atomic E-state index is 11.6. The van der Waals surface area contributed by atoms with Crippen LogP contribution >= 0.6 is 22.9 Å². The Morgan fingerprint density at radius 1 is 1.32 bits per heavy atom. The van der Waals surface area contributed by atoms with Crippen LogP contribution in [0.2, 0.25) is 5.02 Å². The van der Waals surface area contributed by atoms with Crippen LogP contribution < -0.4 is 10.6 Å². The Morgan fingerprint density at radius 2 is 2.21 bits per heavy atom. The number of ether oxygens (including phenoxy) is 1. The van der Waals surface area contributed by atoms with E-state index in [1.54, 1.807) is 25.4 Å². The van der Waals surface area contributed by atoms with Gasteiger partial charge in [0.05, 0.1) is 35.7 Å². The number of amides is 1. The topological polar surface area (TPSA) is 101 Å². The molecule has 1 amide bonds. The highest BCUT2D eigenvalue weighted by Gasteiger charge is 2.15. The van der Waals surface area contributed by atoms with Crippen LogP contribution in [0.3, 0.4) is 0 Å². The summed E-state index contributed by atoms with van der Waals surface area (Å²) < 4.78 is 4.87. The molecule has 0 spiro atoms. The molecule has 0 bridgehead atoms. The maximum Gasteiger partial charge on any atom is 0.411 e. The van der Waals surface area contributed by atoms with Crippen molar-refractivity contribution in [3.8, 4) is 10.6 Å². The standard InChI is InChI=1S/C18H15ClN6O2S/c1-2-27-18(26)22-12-5-11(7-20-8-12)16-24-25-17(28-16)23-14-4-3-10-6-21-9-13(10)15(14)19/h3-5,7-9H,2,6H2,1H3,(H,22,26)(H,23,25). The van der Waals surface area contributed by atoms with Gasteiger partial charge in [-0.1, -0.05) is 29.0 Å². The minimum atomic E-state index is -0.532. The number of aliphatic imine (C=N–C) groups is 1. The zero-order valence-corrected chi connectivity index (χ0v) is 16.3. The predicted octanol–water partition coefficient (Wildman–Crippen LogP) is 4.50. The first-order chi connectivity index (χ1) is 13.6. The molecule has 2 N–H and O–H groups in total. The van der Waals surface area contributed by atoms with Gasteiger partial charge < -0.3 is 10.1 Å². The van der Waals surface area contributed by atoms with Gasteiger partial charge in [-0.2, -0.15) is 0 Å². The third kappa shape index (κ3) is 3.80. The minimum Gasteiger partial charge on any atom is -0.450 e. The van der Waals surface area contributed by atoms with Crippen LogP contribution in [0.1, 0.15) is 18.1 Å². The Labute approximate surface area is 169 Å². The smallest absolute Gasteiger partial charge is 0.411 e. The van der Waals surface area contributed by atoms with Crippen LogP contribution in [-0.2, 0) is 11.3 Å². The quantitative estimate of drug-likeness (QED) is 0.637. The highest BCUT2D eigenvalue weighted by atomic mass is 35.5. The molecule has 142 valence electrons. The van der Waals surface area contributed by atoms with E-state index in [1.807, 2.05) is 12.1 Å². The number of nitrogens with zero attached hydrogens (tertiary/aromatic N) is 4. The highest BCUT2D eigenvalue weighted by Crippen LogP contribution is 2.34. The van der Waals surface area contributed by atoms with Gasteiger partial charge in [-0.25, -0.2) is 4.79 Å². The van der Waals surface area contributed by atoms with Crippen molar-refractivity contribution in [3.63, 3.8) is 0 Å². The molecule has 0 radical (unpaired) electrons. The average molecular weight is 415 g/mol. The molecular weight excluding hydrogens is 400 g/mol. The molecule has 4 rings (SSSR count). The van der Waals surface area contributed by atoms with E-state index in [0.717, 1.165) is 22.4 Å². The Balaban J connectivity index is 1.52. The zero-order chi connectivity index (χ0) is 19.5. The lowest BCUT2D eigenvalue weighted by atomic mass is 10.1. The van der Waals surface area contributed by atoms with E-state index < -0.39 is 6.09 Å². The summed E-state index contributed by atoms with van der Waals surface area (Å²) in [7, 11) is 0. The molecule has 0 saturated heterocycles. The molecule has 2 aromatic heterocycles. The molecule has 3 heterocycles. The van der Waals surface area contributed by atoms with Crippen molar-refractivity contribution in [1.29, 1.82) is 0 Å². The number of hydrogen-bond acceptors (Lipinski definition) is 8. The molecule has 0 saturated carbocycles. The number of fused-ring (bicyclic) bond motifs is 1. The van der Waals surface area contributed by atoms with Gasteiger partial charge in [0.2, 0.25) is 5.13 Å². The maximum atomic E-state index is 11.6. The van der Waals surface area contributed by atoms with Gasteiger partial charge in [0, 0.05) is 23.5 Å². The molecule has 1 aromatic carbocycles. The second kappa shape index (κ2) is 7.91. The van der Waals surface area contributed by atoms with Gasteiger partial charge in [-0.05, 0) is 24.6 Å². The van der Waals surface area contributed by atoms with Crippen molar-refractivity contribution in [2.75, 3.05) is 17.2 Å². The van der Waals surface area contributed by atoms with Gasteiger partial charge >= 0.3 is 6.09 Å². The number of carbonyl (C=O) groups excluding carboxylic acids is 1. The second-order valence-corrected chi connectivity index (χ2v) is 7.17. The normalized spacial score (nSPS) is 11.9. The Morgan fingerprint density at radius 3 is 3.07 bits per heavy atom. The molecule has 1 aliphatic rings. The molecule has 10 heteroatoms. The van der Waals surface area contributed by atoms with E-state index in [0.29, 0.717) is 34.0 Å². The number of benzene rings is 1. The Bertz CT molecular complexity index is 1070. The first kappa shape index (κ1) is 18.3. The molecule has 0 fully saturated rings. The first-order valence-electron chi connectivity index (χ1n) is 8.45. The third-order valence-corrected chi connectivity index (χ3v) is 5.22. The minimum absolute atomic E-state index is 0.293. The molecule has 0 aliphatic carbocycles. The highest BCUT2D eigenvalue weighted by molar-refractivity contribution is 7.18. The van der Waals surface area contributed by atoms with E-state index in [1.165, 1.54) is 17.5 Å². The van der Waals surface area contributed by atoms with E-state index in [-0.39, 0.29) is 0 Å². The van der Waals surface area contributed by atoms with Crippen LogP contribution in [0.25, 0.3) is 10.6 Å². The summed E-state index contributed by atoms with van der Waals surface area (Å²) in [6, 6.07) is 5.66. The van der Waals surface area contributed by atoms with Crippen LogP contribution in [0.15, 0.2) is 35.6 Å². The molecule has 8 nitrogen and oxygen atoms in total. The summed E-state index contributed by atoms with van der Waals surface area (Å²) >= 11 is 7.81. The van der Waals surface area contributed by atoms with Crippen molar-refractivity contribution >= 4 is 51.8 Å². The van der Waals surface area contributed by atoms with E-state index in [9.17, 15) is 4.79 Å². The molecular formula is C18H15ClN6O2S. The lowest BCUT2D eigenvalue weighted by Crippen LogP contribution is -2.13. The summed E-state index contributed by atoms with van der Waals surface area (Å²) in [5.74, 6) is 0. The largest absolute Gasteiger partial charge is 0.450 e. The molecule has 0 atom stereocenters. The van der Waals surface area contributed by atoms with Gasteiger partial charge in [-0.3, -0.25) is 15.3 Å². The SMILES string of the molecule is CCOC(=O)Nc1cncc(-c2nnc(Nc3ccc4c(c3Cl)C=NC4)s2)c1. The van der Waals surface area contributed by atoms with E-state index in [4.69, 9.17) is 16.3 Å². The fourth-order valence-corrected chi connectivity index (χ4v) is 3.68. The van der Waals surface area contributed by atoms with Crippen LogP contribution in [0.4, 0.5) is 21.3 Å². The lowest BCUT2D eigenvalue weighted by molar-refractivity contribution is 0.168. The number of halogens is 1. The van der Waals surface area contributed by atoms with Crippen LogP contribution in [0.5, 0.6) is 0 Å². The number of aromatic nitrogens is 3. The Hall–Kier alpha value is -3.04. The summed E-state index contributed by atoms with van der Waals surface area (Å²) in [6.07, 6.45) is 4.43. The van der Waals surface area contributed by atoms with Crippen molar-refractivity contribution in [1.82, 2.24) is 15.2 Å². The first-order valence-corrected chi connectivity index (χ1v) is 9.64. The van der Waals surface area contributed by atoms with Crippen molar-refractivity contribution < 1.29 is 9.53 Å². The van der Waals surface area contributed by atoms with Crippen LogP contribution in [0, 0.1) is 0 Å². The zero-order valence-electron chi connectivity index (χ0n) is 14.8. The molecule has 0 unspecified atom stereocenters. The monoisotopic (exact) mass is 414 g/mol. The average Bonchev–Trinajstić information content (AvgIpc) is 3.34. The molecule has 3 aromatic rings. The van der Waals surface area contributed by atoms with E-state index >= 15 is 0 Å². The number of hydrogen-bond donors (Lipinski definition) is 2. The van der Waals surface area contributed by atoms with Gasteiger partial charge in [0.15, 0.2) is 5.01 Å². The fourth-order valence-electron chi connectivity index (χ4n) is 2.66. The van der Waals surface area contributed by atoms with Crippen molar-refractivity contribution in [2.24, 2.45) is 4.99 Å². The van der Waals surface area contributed by atoms with Crippen molar-refractivity contribution in [2.45, 2.75) is 13.5 Å². The van der Waals surface area contributed by atoms with Gasteiger partial charge in [-0.15, -0.1) is 10.2 Å².